The van der Waals surface area contributed by atoms with Crippen molar-refractivity contribution in [2.75, 3.05) is 58.4 Å². The number of piperazine rings is 1. The summed E-state index contributed by atoms with van der Waals surface area (Å²) in [5, 5.41) is 0. The quantitative estimate of drug-likeness (QED) is 0.701. The zero-order valence-electron chi connectivity index (χ0n) is 18.6. The van der Waals surface area contributed by atoms with Crippen molar-refractivity contribution in [1.29, 1.82) is 0 Å². The number of ether oxygens (including phenoxy) is 2. The van der Waals surface area contributed by atoms with Gasteiger partial charge in [-0.15, -0.1) is 0 Å². The molecule has 2 saturated heterocycles. The summed E-state index contributed by atoms with van der Waals surface area (Å²) in [6, 6.07) is 6.98. The third kappa shape index (κ3) is 4.61. The summed E-state index contributed by atoms with van der Waals surface area (Å²) in [4.78, 5) is 40.5. The number of nitrogens with zero attached hydrogens (tertiary/aromatic N) is 5. The van der Waals surface area contributed by atoms with E-state index in [1.807, 2.05) is 4.90 Å². The Morgan fingerprint density at radius 2 is 1.56 bits per heavy atom. The van der Waals surface area contributed by atoms with Crippen LogP contribution in [0.1, 0.15) is 23.2 Å². The van der Waals surface area contributed by atoms with Crippen molar-refractivity contribution in [3.63, 3.8) is 0 Å². The largest absolute Gasteiger partial charge is 0.497 e. The van der Waals surface area contributed by atoms with Crippen molar-refractivity contribution < 1.29 is 19.1 Å². The molecule has 0 unspecified atom stereocenters. The van der Waals surface area contributed by atoms with Gasteiger partial charge in [0.1, 0.15) is 11.5 Å². The molecule has 2 aliphatic heterocycles. The van der Waals surface area contributed by atoms with E-state index >= 15 is 0 Å². The lowest BCUT2D eigenvalue weighted by Crippen LogP contribution is -2.53. The maximum atomic E-state index is 13.1. The van der Waals surface area contributed by atoms with E-state index in [9.17, 15) is 9.59 Å². The molecule has 32 heavy (non-hydrogen) atoms. The number of carbonyl (C=O) groups is 2. The summed E-state index contributed by atoms with van der Waals surface area (Å²) < 4.78 is 10.6. The van der Waals surface area contributed by atoms with Crippen molar-refractivity contribution in [2.24, 2.45) is 5.92 Å². The Morgan fingerprint density at radius 3 is 2.19 bits per heavy atom. The number of anilines is 1. The SMILES string of the molecule is COc1ccc(C(=O)N2CCN(C(=O)C3CCN(c4ncccn4)CC3)CC2)c(OC)c1. The van der Waals surface area contributed by atoms with Crippen molar-refractivity contribution in [2.45, 2.75) is 12.8 Å². The highest BCUT2D eigenvalue weighted by Crippen LogP contribution is 2.27. The smallest absolute Gasteiger partial charge is 0.257 e. The highest BCUT2D eigenvalue weighted by Gasteiger charge is 2.32. The molecule has 4 rings (SSSR count). The first-order valence-corrected chi connectivity index (χ1v) is 10.9. The molecular formula is C23H29N5O4. The maximum Gasteiger partial charge on any atom is 0.257 e. The van der Waals surface area contributed by atoms with Gasteiger partial charge in [-0.3, -0.25) is 9.59 Å². The number of piperidine rings is 1. The third-order valence-electron chi connectivity index (χ3n) is 6.20. The van der Waals surface area contributed by atoms with Crippen molar-refractivity contribution in [3.8, 4) is 11.5 Å². The van der Waals surface area contributed by atoms with Gasteiger partial charge < -0.3 is 24.2 Å². The lowest BCUT2D eigenvalue weighted by Gasteiger charge is -2.38. The molecule has 0 N–H and O–H groups in total. The predicted octanol–water partition coefficient (Wildman–Crippen LogP) is 1.69. The Morgan fingerprint density at radius 1 is 0.906 bits per heavy atom. The first kappa shape index (κ1) is 21.9. The molecular weight excluding hydrogens is 410 g/mol. The lowest BCUT2D eigenvalue weighted by molar-refractivity contribution is -0.137. The van der Waals surface area contributed by atoms with Crippen molar-refractivity contribution >= 4 is 17.8 Å². The van der Waals surface area contributed by atoms with Crippen LogP contribution in [0.25, 0.3) is 0 Å². The summed E-state index contributed by atoms with van der Waals surface area (Å²) in [6.45, 7) is 3.66. The normalized spacial score (nSPS) is 17.2. The highest BCUT2D eigenvalue weighted by molar-refractivity contribution is 5.97. The van der Waals surface area contributed by atoms with Crippen LogP contribution in [0.15, 0.2) is 36.7 Å². The number of amides is 2. The second-order valence-electron chi connectivity index (χ2n) is 7.99. The average Bonchev–Trinajstić information content (AvgIpc) is 2.88. The second kappa shape index (κ2) is 9.84. The Hall–Kier alpha value is -3.36. The molecule has 0 aliphatic carbocycles. The minimum Gasteiger partial charge on any atom is -0.497 e. The summed E-state index contributed by atoms with van der Waals surface area (Å²) in [5.74, 6) is 1.96. The van der Waals surface area contributed by atoms with Crippen molar-refractivity contribution in [1.82, 2.24) is 19.8 Å². The number of methoxy groups -OCH3 is 2. The molecule has 1 aromatic heterocycles. The standard InChI is InChI=1S/C23H29N5O4/c1-31-18-4-5-19(20(16-18)32-2)22(30)27-14-12-26(13-15-27)21(29)17-6-10-28(11-7-17)23-24-8-3-9-25-23/h3-5,8-9,16-17H,6-7,10-15H2,1-2H3. The van der Waals surface area contributed by atoms with Crippen LogP contribution in [-0.2, 0) is 4.79 Å². The minimum absolute atomic E-state index is 0.0129. The van der Waals surface area contributed by atoms with E-state index in [-0.39, 0.29) is 17.7 Å². The van der Waals surface area contributed by atoms with Crippen LogP contribution < -0.4 is 14.4 Å². The van der Waals surface area contributed by atoms with Gasteiger partial charge in [0.25, 0.3) is 5.91 Å². The van der Waals surface area contributed by atoms with Crippen LogP contribution in [-0.4, -0.2) is 85.1 Å². The van der Waals surface area contributed by atoms with Crippen LogP contribution in [0.4, 0.5) is 5.95 Å². The number of carbonyl (C=O) groups excluding carboxylic acids is 2. The number of hydrogen-bond donors (Lipinski definition) is 0. The highest BCUT2D eigenvalue weighted by atomic mass is 16.5. The molecule has 2 aromatic rings. The average molecular weight is 440 g/mol. The third-order valence-corrected chi connectivity index (χ3v) is 6.20. The van der Waals surface area contributed by atoms with Gasteiger partial charge in [-0.1, -0.05) is 0 Å². The molecule has 170 valence electrons. The van der Waals surface area contributed by atoms with E-state index in [4.69, 9.17) is 9.47 Å². The summed E-state index contributed by atoms with van der Waals surface area (Å²) in [5.41, 5.74) is 0.503. The Kier molecular flexibility index (Phi) is 6.72. The van der Waals surface area contributed by atoms with E-state index in [2.05, 4.69) is 14.9 Å². The fraction of sp³-hybridized carbons (Fsp3) is 0.478. The van der Waals surface area contributed by atoms with E-state index in [0.717, 1.165) is 31.9 Å². The molecule has 9 heteroatoms. The Labute approximate surface area is 187 Å². The zero-order chi connectivity index (χ0) is 22.5. The number of rotatable bonds is 5. The molecule has 0 saturated carbocycles. The molecule has 3 heterocycles. The van der Waals surface area contributed by atoms with E-state index < -0.39 is 0 Å². The minimum atomic E-state index is -0.0900. The first-order valence-electron chi connectivity index (χ1n) is 10.9. The molecule has 0 spiro atoms. The summed E-state index contributed by atoms with van der Waals surface area (Å²) >= 11 is 0. The maximum absolute atomic E-state index is 13.1. The van der Waals surface area contributed by atoms with Gasteiger partial charge >= 0.3 is 0 Å². The van der Waals surface area contributed by atoms with Gasteiger partial charge in [0.2, 0.25) is 11.9 Å². The van der Waals surface area contributed by atoms with E-state index in [1.165, 1.54) is 7.11 Å². The summed E-state index contributed by atoms with van der Waals surface area (Å²) in [7, 11) is 3.11. The zero-order valence-corrected chi connectivity index (χ0v) is 18.6. The van der Waals surface area contributed by atoms with Crippen LogP contribution in [0.2, 0.25) is 0 Å². The van der Waals surface area contributed by atoms with Gasteiger partial charge in [0, 0.05) is 63.6 Å². The Balaban J connectivity index is 1.30. The van der Waals surface area contributed by atoms with E-state index in [0.29, 0.717) is 43.2 Å². The fourth-order valence-corrected chi connectivity index (χ4v) is 4.31. The van der Waals surface area contributed by atoms with Gasteiger partial charge in [0.15, 0.2) is 0 Å². The molecule has 0 bridgehead atoms. The molecule has 0 radical (unpaired) electrons. The van der Waals surface area contributed by atoms with Crippen LogP contribution >= 0.6 is 0 Å². The number of benzene rings is 1. The van der Waals surface area contributed by atoms with Gasteiger partial charge in [0.05, 0.1) is 19.8 Å². The van der Waals surface area contributed by atoms with Gasteiger partial charge in [-0.2, -0.15) is 0 Å². The lowest BCUT2D eigenvalue weighted by atomic mass is 9.95. The molecule has 0 atom stereocenters. The van der Waals surface area contributed by atoms with Gasteiger partial charge in [-0.05, 0) is 31.0 Å². The van der Waals surface area contributed by atoms with Crippen molar-refractivity contribution in [3.05, 3.63) is 42.2 Å². The Bertz CT molecular complexity index is 939. The number of aromatic nitrogens is 2. The summed E-state index contributed by atoms with van der Waals surface area (Å²) in [6.07, 6.45) is 5.06. The second-order valence-corrected chi connectivity index (χ2v) is 7.99. The molecule has 2 fully saturated rings. The monoisotopic (exact) mass is 439 g/mol. The van der Waals surface area contributed by atoms with Crippen LogP contribution in [0.5, 0.6) is 11.5 Å². The topological polar surface area (TPSA) is 88.1 Å². The molecule has 1 aromatic carbocycles. The first-order chi connectivity index (χ1) is 15.6. The predicted molar refractivity (Wildman–Crippen MR) is 119 cm³/mol. The van der Waals surface area contributed by atoms with Crippen LogP contribution in [0, 0.1) is 5.92 Å². The molecule has 9 nitrogen and oxygen atoms in total. The van der Waals surface area contributed by atoms with Crippen LogP contribution in [0.3, 0.4) is 0 Å². The fourth-order valence-electron chi connectivity index (χ4n) is 4.31. The number of hydrogen-bond acceptors (Lipinski definition) is 7. The molecule has 2 aliphatic rings. The van der Waals surface area contributed by atoms with E-state index in [1.54, 1.807) is 48.7 Å². The molecule has 2 amide bonds. The van der Waals surface area contributed by atoms with Gasteiger partial charge in [-0.25, -0.2) is 9.97 Å².